The molecule has 0 bridgehead atoms. The number of halogens is 3. The van der Waals surface area contributed by atoms with Crippen molar-refractivity contribution >= 4 is 28.4 Å². The van der Waals surface area contributed by atoms with Crippen LogP contribution in [0.25, 0.3) is 16.7 Å². The quantitative estimate of drug-likeness (QED) is 0.502. The molecule has 1 aliphatic rings. The largest absolute Gasteiger partial charge is 0.477 e. The van der Waals surface area contributed by atoms with Crippen molar-refractivity contribution < 1.29 is 23.1 Å². The zero-order valence-electron chi connectivity index (χ0n) is 18.8. The Balaban J connectivity index is 2.03. The number of nitrogens with two attached hydrogens (primary N) is 1. The van der Waals surface area contributed by atoms with Gasteiger partial charge in [-0.1, -0.05) is 20.8 Å². The fourth-order valence-corrected chi connectivity index (χ4v) is 4.40. The molecule has 1 saturated heterocycles. The average molecular weight is 475 g/mol. The summed E-state index contributed by atoms with van der Waals surface area (Å²) in [6.45, 7) is 6.78. The number of nitrogen functional groups attached to an aromatic ring is 1. The summed E-state index contributed by atoms with van der Waals surface area (Å²) in [6.07, 6.45) is 1.16. The molecular weight excluding hydrogens is 451 g/mol. The summed E-state index contributed by atoms with van der Waals surface area (Å²) >= 11 is 0. The smallest absolute Gasteiger partial charge is 0.341 e. The van der Waals surface area contributed by atoms with Crippen molar-refractivity contribution in [3.8, 4) is 5.82 Å². The molecule has 4 rings (SSSR count). The molecule has 0 amide bonds. The zero-order chi connectivity index (χ0) is 24.9. The second-order valence-corrected chi connectivity index (χ2v) is 8.57. The van der Waals surface area contributed by atoms with Gasteiger partial charge in [0.1, 0.15) is 11.4 Å². The van der Waals surface area contributed by atoms with E-state index in [1.807, 2.05) is 13.8 Å². The predicted octanol–water partition coefficient (Wildman–Crippen LogP) is 2.83. The minimum absolute atomic E-state index is 0.0894. The van der Waals surface area contributed by atoms with Crippen LogP contribution in [0.1, 0.15) is 36.7 Å². The van der Waals surface area contributed by atoms with Gasteiger partial charge in [-0.05, 0) is 12.5 Å². The number of nitrogens with one attached hydrogen (secondary N) is 1. The normalized spacial score (nSPS) is 14.1. The maximum absolute atomic E-state index is 15.4. The Hall–Kier alpha value is -3.60. The van der Waals surface area contributed by atoms with Crippen LogP contribution in [-0.2, 0) is 6.42 Å². The molecule has 1 aliphatic heterocycles. The van der Waals surface area contributed by atoms with Crippen molar-refractivity contribution in [2.45, 2.75) is 39.3 Å². The van der Waals surface area contributed by atoms with Crippen molar-refractivity contribution in [3.05, 3.63) is 57.1 Å². The van der Waals surface area contributed by atoms with Gasteiger partial charge >= 0.3 is 5.97 Å². The molecule has 3 heterocycles. The van der Waals surface area contributed by atoms with E-state index in [1.165, 1.54) is 0 Å². The van der Waals surface area contributed by atoms with Crippen molar-refractivity contribution in [2.24, 2.45) is 0 Å². The Kier molecular flexibility index (Phi) is 5.98. The van der Waals surface area contributed by atoms with E-state index in [2.05, 4.69) is 10.3 Å². The van der Waals surface area contributed by atoms with Gasteiger partial charge in [0.2, 0.25) is 5.43 Å². The van der Waals surface area contributed by atoms with Crippen molar-refractivity contribution in [1.29, 1.82) is 0 Å². The van der Waals surface area contributed by atoms with E-state index in [4.69, 9.17) is 5.73 Å². The lowest BCUT2D eigenvalue weighted by atomic mass is 9.98. The molecule has 180 valence electrons. The Morgan fingerprint density at radius 3 is 2.50 bits per heavy atom. The molecule has 1 fully saturated rings. The molecule has 4 N–H and O–H groups in total. The second kappa shape index (κ2) is 8.64. The molecule has 0 radical (unpaired) electrons. The van der Waals surface area contributed by atoms with E-state index >= 15 is 4.39 Å². The maximum atomic E-state index is 15.4. The van der Waals surface area contributed by atoms with E-state index in [9.17, 15) is 23.5 Å². The minimum atomic E-state index is -1.58. The van der Waals surface area contributed by atoms with Gasteiger partial charge in [0.05, 0.1) is 16.6 Å². The van der Waals surface area contributed by atoms with Crippen LogP contribution in [0.3, 0.4) is 0 Å². The molecule has 0 spiro atoms. The molecule has 11 heteroatoms. The third-order valence-electron chi connectivity index (χ3n) is 5.83. The van der Waals surface area contributed by atoms with Gasteiger partial charge in [-0.15, -0.1) is 0 Å². The van der Waals surface area contributed by atoms with Crippen molar-refractivity contribution in [3.63, 3.8) is 0 Å². The van der Waals surface area contributed by atoms with Gasteiger partial charge < -0.3 is 21.1 Å². The number of carbonyl (C=O) groups is 1. The Morgan fingerprint density at radius 1 is 1.24 bits per heavy atom. The van der Waals surface area contributed by atoms with E-state index in [0.29, 0.717) is 24.7 Å². The topological polar surface area (TPSA) is 113 Å². The van der Waals surface area contributed by atoms with Crippen LogP contribution in [0, 0.1) is 17.5 Å². The van der Waals surface area contributed by atoms with Crippen LogP contribution < -0.4 is 21.4 Å². The van der Waals surface area contributed by atoms with E-state index in [-0.39, 0.29) is 35.1 Å². The number of anilines is 2. The molecule has 1 aromatic carbocycles. The van der Waals surface area contributed by atoms with E-state index < -0.39 is 46.0 Å². The SMILES string of the molecule is CCc1c(N2CC(NC(C)C)C2)c(F)cc2c(=O)c(C(=O)O)cn(-c3nc(N)c(F)cc3F)c12. The summed E-state index contributed by atoms with van der Waals surface area (Å²) in [4.78, 5) is 30.2. The number of nitrogens with zero attached hydrogens (tertiary/aromatic N) is 3. The first kappa shape index (κ1) is 23.6. The number of fused-ring (bicyclic) bond motifs is 1. The van der Waals surface area contributed by atoms with E-state index in [1.54, 1.807) is 11.8 Å². The van der Waals surface area contributed by atoms with Gasteiger partial charge in [-0.3, -0.25) is 9.36 Å². The molecule has 0 unspecified atom stereocenters. The summed E-state index contributed by atoms with van der Waals surface area (Å²) in [5, 5.41) is 12.6. The van der Waals surface area contributed by atoms with Gasteiger partial charge in [0.15, 0.2) is 23.3 Å². The lowest BCUT2D eigenvalue weighted by molar-refractivity contribution is 0.0695. The predicted molar refractivity (Wildman–Crippen MR) is 122 cm³/mol. The number of carboxylic acid groups (broad SMARTS) is 1. The standard InChI is InChI=1S/C23H24F3N5O3/c1-4-12-18-13(5-15(24)19(12)30-7-11(8-30)28-10(2)3)20(32)14(23(33)34)9-31(18)22-17(26)6-16(25)21(27)29-22/h5-6,9-11,28H,4,7-8H2,1-3H3,(H2,27,29)(H,33,34). The van der Waals surface area contributed by atoms with Crippen LogP contribution in [-0.4, -0.2) is 45.8 Å². The van der Waals surface area contributed by atoms with Crippen LogP contribution in [0.4, 0.5) is 24.7 Å². The molecule has 0 aliphatic carbocycles. The number of hydrogen-bond acceptors (Lipinski definition) is 6. The Bertz CT molecular complexity index is 1370. The highest BCUT2D eigenvalue weighted by atomic mass is 19.1. The third kappa shape index (κ3) is 3.85. The van der Waals surface area contributed by atoms with Gasteiger partial charge in [-0.2, -0.15) is 0 Å². The monoisotopic (exact) mass is 475 g/mol. The minimum Gasteiger partial charge on any atom is -0.477 e. The number of carboxylic acids is 1. The number of aryl methyl sites for hydroxylation is 1. The molecular formula is C23H24F3N5O3. The highest BCUT2D eigenvalue weighted by Gasteiger charge is 2.32. The summed E-state index contributed by atoms with van der Waals surface area (Å²) in [5.41, 5.74) is 4.61. The number of pyridine rings is 2. The van der Waals surface area contributed by atoms with Crippen molar-refractivity contribution in [1.82, 2.24) is 14.9 Å². The average Bonchev–Trinajstić information content (AvgIpc) is 2.73. The van der Waals surface area contributed by atoms with Gasteiger partial charge in [0, 0.05) is 43.0 Å². The lowest BCUT2D eigenvalue weighted by Gasteiger charge is -2.43. The molecule has 34 heavy (non-hydrogen) atoms. The van der Waals surface area contributed by atoms with Crippen LogP contribution in [0.5, 0.6) is 0 Å². The fourth-order valence-electron chi connectivity index (χ4n) is 4.40. The lowest BCUT2D eigenvalue weighted by Crippen LogP contribution is -2.60. The first-order valence-electron chi connectivity index (χ1n) is 10.8. The van der Waals surface area contributed by atoms with Gasteiger partial charge in [-0.25, -0.2) is 22.9 Å². The number of hydrogen-bond donors (Lipinski definition) is 3. The number of rotatable bonds is 6. The third-order valence-corrected chi connectivity index (χ3v) is 5.83. The number of aromatic nitrogens is 2. The molecule has 0 atom stereocenters. The number of benzene rings is 1. The summed E-state index contributed by atoms with van der Waals surface area (Å²) in [5.74, 6) is -5.58. The molecule has 2 aromatic heterocycles. The van der Waals surface area contributed by atoms with Gasteiger partial charge in [0.25, 0.3) is 0 Å². The first-order valence-corrected chi connectivity index (χ1v) is 10.8. The Morgan fingerprint density at radius 2 is 1.91 bits per heavy atom. The van der Waals surface area contributed by atoms with Crippen LogP contribution in [0.2, 0.25) is 0 Å². The highest BCUT2D eigenvalue weighted by molar-refractivity contribution is 5.96. The molecule has 3 aromatic rings. The zero-order valence-corrected chi connectivity index (χ0v) is 18.8. The maximum Gasteiger partial charge on any atom is 0.341 e. The molecule has 0 saturated carbocycles. The fraction of sp³-hybridized carbons (Fsp3) is 0.348. The second-order valence-electron chi connectivity index (χ2n) is 8.57. The molecule has 8 nitrogen and oxygen atoms in total. The first-order chi connectivity index (χ1) is 16.0. The summed E-state index contributed by atoms with van der Waals surface area (Å²) in [7, 11) is 0. The number of aromatic carboxylic acids is 1. The highest BCUT2D eigenvalue weighted by Crippen LogP contribution is 2.35. The van der Waals surface area contributed by atoms with E-state index in [0.717, 1.165) is 16.8 Å². The van der Waals surface area contributed by atoms with Crippen molar-refractivity contribution in [2.75, 3.05) is 23.7 Å². The Labute approximate surface area is 192 Å². The summed E-state index contributed by atoms with van der Waals surface area (Å²) < 4.78 is 45.0. The summed E-state index contributed by atoms with van der Waals surface area (Å²) in [6, 6.07) is 1.88. The van der Waals surface area contributed by atoms with Crippen LogP contribution in [0.15, 0.2) is 23.1 Å². The van der Waals surface area contributed by atoms with Crippen LogP contribution >= 0.6 is 0 Å².